The van der Waals surface area contributed by atoms with Crippen molar-refractivity contribution < 1.29 is 0 Å². The van der Waals surface area contributed by atoms with Crippen LogP contribution in [0.1, 0.15) is 25.0 Å². The van der Waals surface area contributed by atoms with E-state index in [2.05, 4.69) is 181 Å². The number of nitrogens with zero attached hydrogens (tertiary/aromatic N) is 4. The SMILES string of the molecule is CC1(C)c2ccccc2-c2ccc(-c3ccnc(-n4c5ccccc5c5cc(-c6cccc(-n7c8ccccc8c8ccccc87)c6)ccc54)n3)cc21. The van der Waals surface area contributed by atoms with E-state index in [1.165, 1.54) is 66.0 Å². The minimum atomic E-state index is -0.0781. The van der Waals surface area contributed by atoms with E-state index in [4.69, 9.17) is 9.97 Å². The first-order valence-electron chi connectivity index (χ1n) is 18.2. The maximum Gasteiger partial charge on any atom is 0.235 e. The normalized spacial score (nSPS) is 13.2. The summed E-state index contributed by atoms with van der Waals surface area (Å²) in [6.45, 7) is 4.64. The van der Waals surface area contributed by atoms with E-state index in [1.807, 2.05) is 12.3 Å². The Labute approximate surface area is 307 Å². The zero-order valence-electron chi connectivity index (χ0n) is 29.5. The van der Waals surface area contributed by atoms with E-state index < -0.39 is 0 Å². The molecule has 3 aromatic heterocycles. The molecule has 0 atom stereocenters. The minimum Gasteiger partial charge on any atom is -0.309 e. The predicted octanol–water partition coefficient (Wildman–Crippen LogP) is 12.3. The van der Waals surface area contributed by atoms with Crippen LogP contribution in [0.25, 0.3) is 88.8 Å². The monoisotopic (exact) mass is 678 g/mol. The topological polar surface area (TPSA) is 35.6 Å². The molecule has 4 heteroatoms. The van der Waals surface area contributed by atoms with Crippen molar-refractivity contribution in [3.05, 3.63) is 181 Å². The van der Waals surface area contributed by atoms with Crippen LogP contribution >= 0.6 is 0 Å². The summed E-state index contributed by atoms with van der Waals surface area (Å²) < 4.78 is 4.59. The summed E-state index contributed by atoms with van der Waals surface area (Å²) >= 11 is 0. The number of hydrogen-bond donors (Lipinski definition) is 0. The van der Waals surface area contributed by atoms with Crippen molar-refractivity contribution in [2.45, 2.75) is 19.3 Å². The number of para-hydroxylation sites is 3. The molecule has 11 rings (SSSR count). The van der Waals surface area contributed by atoms with Crippen molar-refractivity contribution in [3.63, 3.8) is 0 Å². The van der Waals surface area contributed by atoms with Gasteiger partial charge in [0.2, 0.25) is 5.95 Å². The van der Waals surface area contributed by atoms with Crippen LogP contribution in [0.5, 0.6) is 0 Å². The molecule has 0 fully saturated rings. The number of aromatic nitrogens is 4. The first-order chi connectivity index (χ1) is 26.0. The summed E-state index contributed by atoms with van der Waals surface area (Å²) in [4.78, 5) is 10.1. The van der Waals surface area contributed by atoms with Gasteiger partial charge in [0.25, 0.3) is 0 Å². The van der Waals surface area contributed by atoms with E-state index in [1.54, 1.807) is 0 Å². The average molecular weight is 679 g/mol. The fourth-order valence-electron chi connectivity index (χ4n) is 8.87. The van der Waals surface area contributed by atoms with Crippen LogP contribution in [0.2, 0.25) is 0 Å². The van der Waals surface area contributed by atoms with Crippen molar-refractivity contribution in [2.75, 3.05) is 0 Å². The highest BCUT2D eigenvalue weighted by atomic mass is 15.2. The molecule has 7 aromatic carbocycles. The summed E-state index contributed by atoms with van der Waals surface area (Å²) in [6, 6.07) is 59.2. The lowest BCUT2D eigenvalue weighted by Gasteiger charge is -2.21. The zero-order chi connectivity index (χ0) is 35.3. The molecule has 0 radical (unpaired) electrons. The van der Waals surface area contributed by atoms with Gasteiger partial charge in [0.05, 0.1) is 27.8 Å². The molecular formula is C49H34N4. The standard InChI is InChI=1S/C49H34N4/c1-49(2)41-18-7-3-14-35(41)36-24-22-33(30-42(36)49)43-26-27-50-48(51-43)53-46-21-10-6-17-39(46)40-29-32(23-25-47(40)53)31-12-11-13-34(28-31)52-44-19-8-4-15-37(44)38-16-5-9-20-45(38)52/h3-30H,1-2H3. The number of fused-ring (bicyclic) bond motifs is 9. The van der Waals surface area contributed by atoms with Crippen LogP contribution in [-0.4, -0.2) is 19.1 Å². The van der Waals surface area contributed by atoms with Crippen molar-refractivity contribution in [2.24, 2.45) is 0 Å². The molecular weight excluding hydrogens is 645 g/mol. The highest BCUT2D eigenvalue weighted by molar-refractivity contribution is 6.11. The Balaban J connectivity index is 1.03. The first kappa shape index (κ1) is 29.9. The molecule has 0 saturated heterocycles. The molecule has 1 aliphatic carbocycles. The van der Waals surface area contributed by atoms with Crippen molar-refractivity contribution >= 4 is 43.6 Å². The molecule has 0 unspecified atom stereocenters. The van der Waals surface area contributed by atoms with Gasteiger partial charge in [0.1, 0.15) is 0 Å². The average Bonchev–Trinajstić information content (AvgIpc) is 3.81. The summed E-state index contributed by atoms with van der Waals surface area (Å²) in [5, 5.41) is 4.87. The fourth-order valence-corrected chi connectivity index (χ4v) is 8.87. The maximum absolute atomic E-state index is 5.23. The largest absolute Gasteiger partial charge is 0.309 e. The van der Waals surface area contributed by atoms with Gasteiger partial charge in [0, 0.05) is 44.4 Å². The summed E-state index contributed by atoms with van der Waals surface area (Å²) in [5.74, 6) is 0.665. The number of benzene rings is 7. The smallest absolute Gasteiger partial charge is 0.235 e. The molecule has 250 valence electrons. The summed E-state index contributed by atoms with van der Waals surface area (Å²) in [6.07, 6.45) is 1.89. The third kappa shape index (κ3) is 4.36. The lowest BCUT2D eigenvalue weighted by Crippen LogP contribution is -2.15. The highest BCUT2D eigenvalue weighted by Crippen LogP contribution is 2.49. The third-order valence-electron chi connectivity index (χ3n) is 11.4. The van der Waals surface area contributed by atoms with Gasteiger partial charge in [-0.15, -0.1) is 0 Å². The van der Waals surface area contributed by atoms with Gasteiger partial charge in [-0.05, 0) is 88.0 Å². The molecule has 0 bridgehead atoms. The zero-order valence-corrected chi connectivity index (χ0v) is 29.5. The van der Waals surface area contributed by atoms with Crippen LogP contribution in [0.4, 0.5) is 0 Å². The highest BCUT2D eigenvalue weighted by Gasteiger charge is 2.35. The minimum absolute atomic E-state index is 0.0781. The summed E-state index contributed by atoms with van der Waals surface area (Å²) in [7, 11) is 0. The molecule has 0 saturated carbocycles. The van der Waals surface area contributed by atoms with E-state index in [-0.39, 0.29) is 5.41 Å². The Morgan fingerprint density at radius 2 is 1.04 bits per heavy atom. The van der Waals surface area contributed by atoms with E-state index in [0.717, 1.165) is 28.0 Å². The van der Waals surface area contributed by atoms with E-state index >= 15 is 0 Å². The lowest BCUT2D eigenvalue weighted by molar-refractivity contribution is 0.660. The van der Waals surface area contributed by atoms with Gasteiger partial charge in [0.15, 0.2) is 0 Å². The van der Waals surface area contributed by atoms with Crippen LogP contribution in [0.3, 0.4) is 0 Å². The van der Waals surface area contributed by atoms with Gasteiger partial charge in [-0.25, -0.2) is 9.97 Å². The molecule has 1 aliphatic rings. The van der Waals surface area contributed by atoms with Crippen molar-refractivity contribution in [3.8, 4) is 45.1 Å². The Morgan fingerprint density at radius 1 is 0.434 bits per heavy atom. The quantitative estimate of drug-likeness (QED) is 0.186. The van der Waals surface area contributed by atoms with Crippen molar-refractivity contribution in [1.82, 2.24) is 19.1 Å². The molecule has 53 heavy (non-hydrogen) atoms. The second-order valence-electron chi connectivity index (χ2n) is 14.7. The molecule has 10 aromatic rings. The van der Waals surface area contributed by atoms with Gasteiger partial charge < -0.3 is 4.57 Å². The second kappa shape index (κ2) is 11.1. The van der Waals surface area contributed by atoms with Crippen LogP contribution < -0.4 is 0 Å². The van der Waals surface area contributed by atoms with Crippen LogP contribution in [0.15, 0.2) is 170 Å². The molecule has 3 heterocycles. The van der Waals surface area contributed by atoms with Gasteiger partial charge in [-0.3, -0.25) is 4.57 Å². The summed E-state index contributed by atoms with van der Waals surface area (Å²) in [5.41, 5.74) is 15.3. The van der Waals surface area contributed by atoms with Gasteiger partial charge in [-0.2, -0.15) is 0 Å². The third-order valence-corrected chi connectivity index (χ3v) is 11.4. The fraction of sp³-hybridized carbons (Fsp3) is 0.0612. The Kier molecular flexibility index (Phi) is 6.27. The van der Waals surface area contributed by atoms with Gasteiger partial charge >= 0.3 is 0 Å². The lowest BCUT2D eigenvalue weighted by atomic mass is 9.82. The molecule has 4 nitrogen and oxygen atoms in total. The van der Waals surface area contributed by atoms with Crippen LogP contribution in [0, 0.1) is 0 Å². The van der Waals surface area contributed by atoms with E-state index in [9.17, 15) is 0 Å². The first-order valence-corrected chi connectivity index (χ1v) is 18.2. The molecule has 0 amide bonds. The molecule has 0 spiro atoms. The van der Waals surface area contributed by atoms with E-state index in [0.29, 0.717) is 5.95 Å². The number of rotatable bonds is 4. The van der Waals surface area contributed by atoms with Crippen molar-refractivity contribution in [1.29, 1.82) is 0 Å². The Morgan fingerprint density at radius 3 is 1.81 bits per heavy atom. The number of hydrogen-bond acceptors (Lipinski definition) is 2. The molecule has 0 aliphatic heterocycles. The second-order valence-corrected chi connectivity index (χ2v) is 14.7. The Bertz CT molecular complexity index is 3050. The molecule has 0 N–H and O–H groups in total. The predicted molar refractivity (Wildman–Crippen MR) is 219 cm³/mol. The van der Waals surface area contributed by atoms with Gasteiger partial charge in [-0.1, -0.05) is 123 Å². The Hall–Kier alpha value is -6.78. The van der Waals surface area contributed by atoms with Crippen LogP contribution in [-0.2, 0) is 5.41 Å². The maximum atomic E-state index is 5.23.